The van der Waals surface area contributed by atoms with Crippen LogP contribution in [0.15, 0.2) is 0 Å². The highest BCUT2D eigenvalue weighted by Gasteiger charge is 2.29. The van der Waals surface area contributed by atoms with E-state index >= 15 is 0 Å². The van der Waals surface area contributed by atoms with Crippen molar-refractivity contribution >= 4 is 23.7 Å². The highest BCUT2D eigenvalue weighted by molar-refractivity contribution is 6.17. The molecule has 0 fully saturated rings. The summed E-state index contributed by atoms with van der Waals surface area (Å²) < 4.78 is 10.7. The molecule has 33 heavy (non-hydrogen) atoms. The lowest BCUT2D eigenvalue weighted by molar-refractivity contribution is -0.149. The Morgan fingerprint density at radius 3 is 1.64 bits per heavy atom. The van der Waals surface area contributed by atoms with Gasteiger partial charge in [-0.15, -0.1) is 11.6 Å². The number of nitrogens with zero attached hydrogens (tertiary/aromatic N) is 1. The van der Waals surface area contributed by atoms with Crippen LogP contribution in [0.3, 0.4) is 0 Å². The molecular formula is C27H52ClNO4. The van der Waals surface area contributed by atoms with Crippen LogP contribution >= 0.6 is 11.6 Å². The first kappa shape index (κ1) is 32.0. The molecule has 0 saturated heterocycles. The van der Waals surface area contributed by atoms with E-state index in [1.54, 1.807) is 7.05 Å². The number of unbranched alkanes of at least 4 members (excludes halogenated alkanes) is 13. The standard InChI is InChI=1S/C27H52ClNO4/c1-5-6-7-8-9-10-11-12-13-14-15-16-17-18-21-32-26(30)25(23-24(2)3)29(4)27(31)33-22-19-20-28/h24-25H,5-23H2,1-4H3/t25-/m0/s1. The first-order chi connectivity index (χ1) is 15.9. The summed E-state index contributed by atoms with van der Waals surface area (Å²) in [5, 5.41) is 0. The minimum Gasteiger partial charge on any atom is -0.464 e. The van der Waals surface area contributed by atoms with E-state index in [9.17, 15) is 9.59 Å². The summed E-state index contributed by atoms with van der Waals surface area (Å²) in [7, 11) is 1.60. The van der Waals surface area contributed by atoms with E-state index in [0.717, 1.165) is 12.8 Å². The van der Waals surface area contributed by atoms with Crippen molar-refractivity contribution < 1.29 is 19.1 Å². The first-order valence-electron chi connectivity index (χ1n) is 13.6. The number of hydrogen-bond acceptors (Lipinski definition) is 4. The highest BCUT2D eigenvalue weighted by Crippen LogP contribution is 2.15. The third-order valence-electron chi connectivity index (χ3n) is 5.97. The number of halogens is 1. The molecule has 1 amide bonds. The molecule has 0 heterocycles. The second-order valence-corrected chi connectivity index (χ2v) is 10.1. The van der Waals surface area contributed by atoms with E-state index in [1.165, 1.54) is 81.9 Å². The summed E-state index contributed by atoms with van der Waals surface area (Å²) in [4.78, 5) is 26.2. The molecular weight excluding hydrogens is 438 g/mol. The smallest absolute Gasteiger partial charge is 0.410 e. The van der Waals surface area contributed by atoms with Gasteiger partial charge in [-0.05, 0) is 25.2 Å². The molecule has 5 nitrogen and oxygen atoms in total. The van der Waals surface area contributed by atoms with Gasteiger partial charge in [0.05, 0.1) is 13.2 Å². The second kappa shape index (κ2) is 22.8. The van der Waals surface area contributed by atoms with Crippen LogP contribution in [0.25, 0.3) is 0 Å². The second-order valence-electron chi connectivity index (χ2n) is 9.68. The van der Waals surface area contributed by atoms with Gasteiger partial charge in [-0.25, -0.2) is 9.59 Å². The lowest BCUT2D eigenvalue weighted by Crippen LogP contribution is -2.44. The van der Waals surface area contributed by atoms with Crippen LogP contribution in [0, 0.1) is 5.92 Å². The molecule has 196 valence electrons. The van der Waals surface area contributed by atoms with Crippen LogP contribution in [0.2, 0.25) is 0 Å². The molecule has 0 saturated carbocycles. The third-order valence-corrected chi connectivity index (χ3v) is 6.24. The Morgan fingerprint density at radius 2 is 1.18 bits per heavy atom. The van der Waals surface area contributed by atoms with Gasteiger partial charge in [0.25, 0.3) is 0 Å². The van der Waals surface area contributed by atoms with E-state index in [-0.39, 0.29) is 18.5 Å². The van der Waals surface area contributed by atoms with Gasteiger partial charge in [-0.3, -0.25) is 4.90 Å². The van der Waals surface area contributed by atoms with Gasteiger partial charge >= 0.3 is 12.1 Å². The lowest BCUT2D eigenvalue weighted by Gasteiger charge is -2.27. The maximum atomic E-state index is 12.6. The van der Waals surface area contributed by atoms with Crippen molar-refractivity contribution in [2.45, 2.75) is 130 Å². The van der Waals surface area contributed by atoms with Gasteiger partial charge in [-0.1, -0.05) is 104 Å². The van der Waals surface area contributed by atoms with Gasteiger partial charge in [0.1, 0.15) is 6.04 Å². The van der Waals surface area contributed by atoms with Crippen LogP contribution in [0.1, 0.15) is 124 Å². The molecule has 0 rings (SSSR count). The van der Waals surface area contributed by atoms with Crippen LogP contribution in [0.5, 0.6) is 0 Å². The Morgan fingerprint density at radius 1 is 0.727 bits per heavy atom. The lowest BCUT2D eigenvalue weighted by atomic mass is 10.0. The highest BCUT2D eigenvalue weighted by atomic mass is 35.5. The average molecular weight is 490 g/mol. The first-order valence-corrected chi connectivity index (χ1v) is 14.1. The largest absolute Gasteiger partial charge is 0.464 e. The molecule has 0 unspecified atom stereocenters. The number of esters is 1. The molecule has 0 aromatic rings. The number of likely N-dealkylation sites (N-methyl/N-ethyl adjacent to an activating group) is 1. The van der Waals surface area contributed by atoms with Crippen LogP contribution in [-0.4, -0.2) is 49.1 Å². The quantitative estimate of drug-likeness (QED) is 0.0874. The number of alkyl halides is 1. The summed E-state index contributed by atoms with van der Waals surface area (Å²) in [6.07, 6.45) is 18.8. The van der Waals surface area contributed by atoms with Crippen LogP contribution < -0.4 is 0 Å². The number of amides is 1. The Bertz CT molecular complexity index is 473. The molecule has 0 aliphatic heterocycles. The number of ether oxygens (including phenoxy) is 2. The van der Waals surface area contributed by atoms with Crippen LogP contribution in [0.4, 0.5) is 4.79 Å². The maximum absolute atomic E-state index is 12.6. The van der Waals surface area contributed by atoms with Gasteiger partial charge in [0, 0.05) is 12.9 Å². The van der Waals surface area contributed by atoms with E-state index in [0.29, 0.717) is 25.3 Å². The molecule has 6 heteroatoms. The van der Waals surface area contributed by atoms with E-state index < -0.39 is 12.1 Å². The third kappa shape index (κ3) is 19.1. The number of carbonyl (C=O) groups is 2. The van der Waals surface area contributed by atoms with E-state index in [1.807, 2.05) is 13.8 Å². The SMILES string of the molecule is CCCCCCCCCCCCCCCCOC(=O)[C@H](CC(C)C)N(C)C(=O)OCCCCl. The fourth-order valence-corrected chi connectivity index (χ4v) is 3.98. The predicted octanol–water partition coefficient (Wildman–Crippen LogP) is 8.12. The van der Waals surface area contributed by atoms with E-state index in [4.69, 9.17) is 21.1 Å². The zero-order chi connectivity index (χ0) is 24.7. The summed E-state index contributed by atoms with van der Waals surface area (Å²) in [5.74, 6) is 0.366. The Labute approximate surface area is 209 Å². The molecule has 0 bridgehead atoms. The summed E-state index contributed by atoms with van der Waals surface area (Å²) in [6, 6.07) is -0.611. The molecule has 0 aliphatic rings. The summed E-state index contributed by atoms with van der Waals surface area (Å²) in [6.45, 7) is 7.00. The minimum absolute atomic E-state index is 0.259. The summed E-state index contributed by atoms with van der Waals surface area (Å²) >= 11 is 5.62. The summed E-state index contributed by atoms with van der Waals surface area (Å²) in [5.41, 5.74) is 0. The fraction of sp³-hybridized carbons (Fsp3) is 0.926. The van der Waals surface area contributed by atoms with Crippen molar-refractivity contribution in [2.24, 2.45) is 5.92 Å². The monoisotopic (exact) mass is 489 g/mol. The topological polar surface area (TPSA) is 55.8 Å². The minimum atomic E-state index is -0.611. The molecule has 0 spiro atoms. The average Bonchev–Trinajstić information content (AvgIpc) is 2.79. The molecule has 0 aromatic carbocycles. The van der Waals surface area contributed by atoms with Crippen molar-refractivity contribution in [3.05, 3.63) is 0 Å². The molecule has 0 N–H and O–H groups in total. The Kier molecular flexibility index (Phi) is 22.1. The van der Waals surface area contributed by atoms with Crippen molar-refractivity contribution in [1.82, 2.24) is 4.90 Å². The number of carbonyl (C=O) groups excluding carboxylic acids is 2. The van der Waals surface area contributed by atoms with Crippen molar-refractivity contribution in [1.29, 1.82) is 0 Å². The molecule has 1 atom stereocenters. The van der Waals surface area contributed by atoms with Gasteiger partial charge in [0.2, 0.25) is 0 Å². The Balaban J connectivity index is 3.86. The maximum Gasteiger partial charge on any atom is 0.410 e. The zero-order valence-electron chi connectivity index (χ0n) is 22.0. The van der Waals surface area contributed by atoms with Crippen LogP contribution in [-0.2, 0) is 14.3 Å². The number of hydrogen-bond donors (Lipinski definition) is 0. The molecule has 0 radical (unpaired) electrons. The van der Waals surface area contributed by atoms with Crippen molar-refractivity contribution in [3.8, 4) is 0 Å². The normalized spacial score (nSPS) is 12.1. The van der Waals surface area contributed by atoms with Gasteiger partial charge in [-0.2, -0.15) is 0 Å². The van der Waals surface area contributed by atoms with Gasteiger partial charge < -0.3 is 9.47 Å². The van der Waals surface area contributed by atoms with Gasteiger partial charge in [0.15, 0.2) is 0 Å². The molecule has 0 aliphatic carbocycles. The predicted molar refractivity (Wildman–Crippen MR) is 139 cm³/mol. The zero-order valence-corrected chi connectivity index (χ0v) is 22.8. The van der Waals surface area contributed by atoms with Crippen molar-refractivity contribution in [3.63, 3.8) is 0 Å². The van der Waals surface area contributed by atoms with E-state index in [2.05, 4.69) is 6.92 Å². The fourth-order valence-electron chi connectivity index (χ4n) is 3.87. The number of rotatable bonds is 22. The Hall–Kier alpha value is -0.970. The molecule has 0 aromatic heterocycles. The van der Waals surface area contributed by atoms with Crippen molar-refractivity contribution in [2.75, 3.05) is 26.1 Å².